The van der Waals surface area contributed by atoms with Crippen LogP contribution in [0.25, 0.3) is 0 Å². The van der Waals surface area contributed by atoms with Crippen LogP contribution in [-0.4, -0.2) is 50.5 Å². The van der Waals surface area contributed by atoms with Crippen LogP contribution in [0.5, 0.6) is 0 Å². The summed E-state index contributed by atoms with van der Waals surface area (Å²) in [4.78, 5) is 9.63. The van der Waals surface area contributed by atoms with E-state index >= 15 is 0 Å². The van der Waals surface area contributed by atoms with Crippen LogP contribution in [0.3, 0.4) is 0 Å². The number of morpholine rings is 1. The summed E-state index contributed by atoms with van der Waals surface area (Å²) in [5.74, 6) is 1.68. The second kappa shape index (κ2) is 9.45. The molecule has 3 aliphatic rings. The fourth-order valence-corrected chi connectivity index (χ4v) is 5.19. The molecule has 1 saturated heterocycles. The number of ether oxygens (including phenoxy) is 2. The Morgan fingerprint density at radius 1 is 1.13 bits per heavy atom. The Labute approximate surface area is 185 Å². The lowest BCUT2D eigenvalue weighted by molar-refractivity contribution is 0.0264. The summed E-state index contributed by atoms with van der Waals surface area (Å²) in [6.07, 6.45) is 7.18. The first-order valence-electron chi connectivity index (χ1n) is 11.8. The van der Waals surface area contributed by atoms with E-state index in [-0.39, 0.29) is 0 Å². The predicted molar refractivity (Wildman–Crippen MR) is 125 cm³/mol. The third-order valence-corrected chi connectivity index (χ3v) is 6.88. The predicted octanol–water partition coefficient (Wildman–Crippen LogP) is 4.58. The molecule has 0 amide bonds. The van der Waals surface area contributed by atoms with Crippen molar-refractivity contribution < 1.29 is 9.47 Å². The standard InChI is InChI=1S/C25H34N4O2/c1-2-31-22-8-5-19(6-9-22)17-29-18-20-4-3-11-26-25(20)27-23-10-7-21(16-24(23)29)28-12-14-30-15-13-28/h3-4,7,10-11,16,19,22H,2,5-6,8-9,12-15,17-18H2,1H3,(H,26,27)/t19-,22+. The van der Waals surface area contributed by atoms with E-state index in [1.165, 1.54) is 42.6 Å². The molecule has 2 aromatic rings. The normalized spacial score (nSPS) is 23.5. The van der Waals surface area contributed by atoms with Gasteiger partial charge in [-0.05, 0) is 62.8 Å². The van der Waals surface area contributed by atoms with Crippen molar-refractivity contribution in [3.05, 3.63) is 42.1 Å². The van der Waals surface area contributed by atoms with Gasteiger partial charge in [0, 0.05) is 50.2 Å². The molecule has 5 rings (SSSR count). The molecule has 31 heavy (non-hydrogen) atoms. The first-order chi connectivity index (χ1) is 15.3. The van der Waals surface area contributed by atoms with Crippen LogP contribution in [0.15, 0.2) is 36.5 Å². The quantitative estimate of drug-likeness (QED) is 0.761. The second-order valence-electron chi connectivity index (χ2n) is 8.92. The van der Waals surface area contributed by atoms with Crippen LogP contribution in [-0.2, 0) is 16.0 Å². The maximum Gasteiger partial charge on any atom is 0.135 e. The molecule has 166 valence electrons. The monoisotopic (exact) mass is 422 g/mol. The molecule has 0 bridgehead atoms. The van der Waals surface area contributed by atoms with Gasteiger partial charge in [-0.2, -0.15) is 0 Å². The van der Waals surface area contributed by atoms with Crippen molar-refractivity contribution in [1.29, 1.82) is 0 Å². The number of fused-ring (bicyclic) bond motifs is 2. The molecule has 1 N–H and O–H groups in total. The maximum absolute atomic E-state index is 5.88. The van der Waals surface area contributed by atoms with Crippen molar-refractivity contribution in [3.63, 3.8) is 0 Å². The van der Waals surface area contributed by atoms with Gasteiger partial charge in [0.05, 0.1) is 30.7 Å². The van der Waals surface area contributed by atoms with Gasteiger partial charge in [-0.1, -0.05) is 6.07 Å². The van der Waals surface area contributed by atoms with Gasteiger partial charge in [0.25, 0.3) is 0 Å². The Bertz CT molecular complexity index is 876. The Kier molecular flexibility index (Phi) is 6.27. The van der Waals surface area contributed by atoms with Crippen LogP contribution >= 0.6 is 0 Å². The minimum absolute atomic E-state index is 0.456. The molecule has 0 atom stereocenters. The minimum atomic E-state index is 0.456. The average Bonchev–Trinajstić information content (AvgIpc) is 2.97. The van der Waals surface area contributed by atoms with E-state index in [1.54, 1.807) is 0 Å². The molecule has 0 radical (unpaired) electrons. The first-order valence-corrected chi connectivity index (χ1v) is 11.8. The molecule has 1 aliphatic carbocycles. The van der Waals surface area contributed by atoms with E-state index in [9.17, 15) is 0 Å². The lowest BCUT2D eigenvalue weighted by Gasteiger charge is -2.35. The van der Waals surface area contributed by atoms with Gasteiger partial charge in [-0.3, -0.25) is 0 Å². The van der Waals surface area contributed by atoms with Gasteiger partial charge >= 0.3 is 0 Å². The molecule has 1 aromatic carbocycles. The van der Waals surface area contributed by atoms with Crippen LogP contribution in [0.4, 0.5) is 22.9 Å². The average molecular weight is 423 g/mol. The van der Waals surface area contributed by atoms with Gasteiger partial charge in [0.1, 0.15) is 5.82 Å². The molecule has 6 nitrogen and oxygen atoms in total. The SMILES string of the molecule is CCO[C@H]1CC[C@@H](CN2Cc3cccnc3Nc3ccc(N4CCOCC4)cc32)CC1. The Balaban J connectivity index is 1.40. The number of anilines is 4. The summed E-state index contributed by atoms with van der Waals surface area (Å²) in [6.45, 7) is 8.41. The molecule has 0 spiro atoms. The van der Waals surface area contributed by atoms with Crippen molar-refractivity contribution in [1.82, 2.24) is 4.98 Å². The zero-order valence-electron chi connectivity index (χ0n) is 18.6. The molecular formula is C25H34N4O2. The summed E-state index contributed by atoms with van der Waals surface area (Å²) in [5.41, 5.74) is 4.98. The van der Waals surface area contributed by atoms with Crippen LogP contribution in [0.1, 0.15) is 38.2 Å². The highest BCUT2D eigenvalue weighted by Gasteiger charge is 2.27. The summed E-state index contributed by atoms with van der Waals surface area (Å²) in [5, 5.41) is 3.61. The van der Waals surface area contributed by atoms with Crippen molar-refractivity contribution in [2.75, 3.05) is 54.6 Å². The van der Waals surface area contributed by atoms with Gasteiger partial charge in [0.15, 0.2) is 0 Å². The van der Waals surface area contributed by atoms with Gasteiger partial charge in [-0.25, -0.2) is 4.98 Å². The van der Waals surface area contributed by atoms with E-state index in [0.717, 1.165) is 57.5 Å². The van der Waals surface area contributed by atoms with Crippen LogP contribution in [0, 0.1) is 5.92 Å². The number of aromatic nitrogens is 1. The van der Waals surface area contributed by atoms with E-state index in [2.05, 4.69) is 51.3 Å². The molecule has 2 fully saturated rings. The first kappa shape index (κ1) is 20.6. The Morgan fingerprint density at radius 2 is 1.97 bits per heavy atom. The number of pyridine rings is 1. The molecule has 1 aromatic heterocycles. The van der Waals surface area contributed by atoms with E-state index in [1.807, 2.05) is 12.3 Å². The molecule has 3 heterocycles. The summed E-state index contributed by atoms with van der Waals surface area (Å²) in [7, 11) is 0. The number of nitrogens with one attached hydrogen (secondary N) is 1. The lowest BCUT2D eigenvalue weighted by atomic mass is 9.87. The van der Waals surface area contributed by atoms with Gasteiger partial charge in [-0.15, -0.1) is 0 Å². The van der Waals surface area contributed by atoms with E-state index in [0.29, 0.717) is 12.0 Å². The highest BCUT2D eigenvalue weighted by atomic mass is 16.5. The largest absolute Gasteiger partial charge is 0.379 e. The lowest BCUT2D eigenvalue weighted by Crippen LogP contribution is -2.36. The molecular weight excluding hydrogens is 388 g/mol. The van der Waals surface area contributed by atoms with Crippen molar-refractivity contribution in [2.45, 2.75) is 45.3 Å². The Morgan fingerprint density at radius 3 is 2.77 bits per heavy atom. The number of hydrogen-bond donors (Lipinski definition) is 1. The molecule has 2 aliphatic heterocycles. The summed E-state index contributed by atoms with van der Waals surface area (Å²) >= 11 is 0. The van der Waals surface area contributed by atoms with E-state index in [4.69, 9.17) is 9.47 Å². The smallest absolute Gasteiger partial charge is 0.135 e. The minimum Gasteiger partial charge on any atom is -0.379 e. The molecule has 1 saturated carbocycles. The zero-order valence-corrected chi connectivity index (χ0v) is 18.6. The zero-order chi connectivity index (χ0) is 21.0. The number of hydrogen-bond acceptors (Lipinski definition) is 6. The molecule has 0 unspecified atom stereocenters. The number of benzene rings is 1. The number of nitrogens with zero attached hydrogens (tertiary/aromatic N) is 3. The van der Waals surface area contributed by atoms with Crippen molar-refractivity contribution in [2.24, 2.45) is 5.92 Å². The summed E-state index contributed by atoms with van der Waals surface area (Å²) in [6, 6.07) is 11.1. The highest BCUT2D eigenvalue weighted by Crippen LogP contribution is 2.39. The number of rotatable bonds is 5. The van der Waals surface area contributed by atoms with E-state index < -0.39 is 0 Å². The fourth-order valence-electron chi connectivity index (χ4n) is 5.19. The molecule has 6 heteroatoms. The maximum atomic E-state index is 5.88. The topological polar surface area (TPSA) is 49.9 Å². The third-order valence-electron chi connectivity index (χ3n) is 6.88. The van der Waals surface area contributed by atoms with Crippen LogP contribution in [0.2, 0.25) is 0 Å². The van der Waals surface area contributed by atoms with Crippen LogP contribution < -0.4 is 15.1 Å². The fraction of sp³-hybridized carbons (Fsp3) is 0.560. The van der Waals surface area contributed by atoms with Crippen molar-refractivity contribution in [3.8, 4) is 0 Å². The van der Waals surface area contributed by atoms with Gasteiger partial charge < -0.3 is 24.6 Å². The second-order valence-corrected chi connectivity index (χ2v) is 8.92. The van der Waals surface area contributed by atoms with Crippen molar-refractivity contribution >= 4 is 22.9 Å². The highest BCUT2D eigenvalue weighted by molar-refractivity contribution is 5.81. The Hall–Kier alpha value is -2.31. The van der Waals surface area contributed by atoms with Gasteiger partial charge in [0.2, 0.25) is 0 Å². The summed E-state index contributed by atoms with van der Waals surface area (Å²) < 4.78 is 11.4. The third kappa shape index (κ3) is 4.65.